The van der Waals surface area contributed by atoms with Crippen molar-refractivity contribution in [2.45, 2.75) is 0 Å². The fourth-order valence-corrected chi connectivity index (χ4v) is 8.42. The Balaban J connectivity index is 1.03. The molecule has 9 aromatic carbocycles. The highest BCUT2D eigenvalue weighted by atomic mass is 15.0. The lowest BCUT2D eigenvalue weighted by Crippen LogP contribution is -2.00. The van der Waals surface area contributed by atoms with Crippen LogP contribution in [-0.4, -0.2) is 19.9 Å². The van der Waals surface area contributed by atoms with Gasteiger partial charge in [0, 0.05) is 38.4 Å². The summed E-state index contributed by atoms with van der Waals surface area (Å²) in [7, 11) is 0. The molecule has 0 saturated heterocycles. The van der Waals surface area contributed by atoms with Gasteiger partial charge in [0.15, 0.2) is 17.5 Å². The molecule has 0 bridgehead atoms. The molecule has 4 heteroatoms. The van der Waals surface area contributed by atoms with E-state index < -0.39 is 0 Å². The van der Waals surface area contributed by atoms with E-state index in [4.69, 9.17) is 19.9 Å². The highest BCUT2D eigenvalue weighted by Crippen LogP contribution is 2.40. The standard InChI is InChI=1S/C58H38N4/c1-6-17-39(18-7-1)47-35-48(40-19-8-2-9-20-40)37-49(36-47)58-61-56(44-25-14-5-15-26-44)60-57(62-58)45-31-29-41(30-32-45)46-33-34-53-52(38-46)54-50(42-21-10-3-11-22-42)27-16-28-51(54)55(59-53)43-23-12-4-13-24-43/h1-38H. The van der Waals surface area contributed by atoms with E-state index in [0.29, 0.717) is 17.5 Å². The molecule has 0 amide bonds. The van der Waals surface area contributed by atoms with E-state index >= 15 is 0 Å². The number of rotatable bonds is 8. The zero-order valence-corrected chi connectivity index (χ0v) is 33.7. The molecule has 0 aliphatic carbocycles. The summed E-state index contributed by atoms with van der Waals surface area (Å²) in [6.45, 7) is 0. The van der Waals surface area contributed by atoms with Crippen molar-refractivity contribution in [1.82, 2.24) is 19.9 Å². The van der Waals surface area contributed by atoms with Crippen molar-refractivity contribution in [3.05, 3.63) is 231 Å². The fourth-order valence-electron chi connectivity index (χ4n) is 8.42. The maximum absolute atomic E-state index is 5.29. The zero-order chi connectivity index (χ0) is 41.2. The van der Waals surface area contributed by atoms with E-state index in [0.717, 1.165) is 77.6 Å². The quantitative estimate of drug-likeness (QED) is 0.144. The number of nitrogens with zero attached hydrogens (tertiary/aromatic N) is 4. The Labute approximate surface area is 360 Å². The Hall–Kier alpha value is -8.34. The van der Waals surface area contributed by atoms with Crippen molar-refractivity contribution in [3.8, 4) is 89.9 Å². The van der Waals surface area contributed by atoms with Crippen molar-refractivity contribution < 1.29 is 0 Å². The highest BCUT2D eigenvalue weighted by molar-refractivity contribution is 6.17. The second-order valence-corrected chi connectivity index (χ2v) is 15.4. The lowest BCUT2D eigenvalue weighted by Gasteiger charge is -2.15. The summed E-state index contributed by atoms with van der Waals surface area (Å²) < 4.78 is 0. The minimum absolute atomic E-state index is 0.612. The van der Waals surface area contributed by atoms with Crippen LogP contribution in [0.3, 0.4) is 0 Å². The molecule has 2 aromatic heterocycles. The Morgan fingerprint density at radius 1 is 0.226 bits per heavy atom. The predicted molar refractivity (Wildman–Crippen MR) is 256 cm³/mol. The molecule has 11 rings (SSSR count). The van der Waals surface area contributed by atoms with Crippen molar-refractivity contribution >= 4 is 21.7 Å². The van der Waals surface area contributed by atoms with E-state index in [9.17, 15) is 0 Å². The third-order valence-corrected chi connectivity index (χ3v) is 11.5. The van der Waals surface area contributed by atoms with Crippen LogP contribution in [0.5, 0.6) is 0 Å². The van der Waals surface area contributed by atoms with Gasteiger partial charge in [0.05, 0.1) is 11.2 Å². The van der Waals surface area contributed by atoms with Gasteiger partial charge < -0.3 is 0 Å². The monoisotopic (exact) mass is 790 g/mol. The molecule has 11 aromatic rings. The molecule has 0 saturated carbocycles. The molecule has 0 fully saturated rings. The topological polar surface area (TPSA) is 51.6 Å². The number of hydrogen-bond acceptors (Lipinski definition) is 4. The van der Waals surface area contributed by atoms with Crippen LogP contribution < -0.4 is 0 Å². The summed E-state index contributed by atoms with van der Waals surface area (Å²) in [6.07, 6.45) is 0. The molecule has 2 heterocycles. The normalized spacial score (nSPS) is 11.2. The third-order valence-electron chi connectivity index (χ3n) is 11.5. The van der Waals surface area contributed by atoms with Crippen LogP contribution in [0.2, 0.25) is 0 Å². The molecular weight excluding hydrogens is 753 g/mol. The van der Waals surface area contributed by atoms with Gasteiger partial charge in [-0.25, -0.2) is 19.9 Å². The van der Waals surface area contributed by atoms with Gasteiger partial charge >= 0.3 is 0 Å². The van der Waals surface area contributed by atoms with Gasteiger partial charge in [-0.2, -0.15) is 0 Å². The van der Waals surface area contributed by atoms with Crippen molar-refractivity contribution in [3.63, 3.8) is 0 Å². The number of hydrogen-bond donors (Lipinski definition) is 0. The van der Waals surface area contributed by atoms with Gasteiger partial charge in [0.1, 0.15) is 0 Å². The first kappa shape index (κ1) is 36.7. The first-order valence-corrected chi connectivity index (χ1v) is 20.9. The summed E-state index contributed by atoms with van der Waals surface area (Å²) in [6, 6.07) is 80.6. The van der Waals surface area contributed by atoms with Crippen LogP contribution in [0.1, 0.15) is 0 Å². The van der Waals surface area contributed by atoms with Gasteiger partial charge in [-0.3, -0.25) is 0 Å². The Bertz CT molecular complexity index is 3300. The molecule has 290 valence electrons. The van der Waals surface area contributed by atoms with Crippen LogP contribution in [0.25, 0.3) is 112 Å². The Kier molecular flexibility index (Phi) is 9.49. The van der Waals surface area contributed by atoms with Crippen molar-refractivity contribution in [2.24, 2.45) is 0 Å². The largest absolute Gasteiger partial charge is 0.247 e. The van der Waals surface area contributed by atoms with Gasteiger partial charge in [0.25, 0.3) is 0 Å². The summed E-state index contributed by atoms with van der Waals surface area (Å²) in [5.41, 5.74) is 14.8. The summed E-state index contributed by atoms with van der Waals surface area (Å²) in [4.78, 5) is 20.7. The maximum atomic E-state index is 5.29. The molecule has 0 atom stereocenters. The van der Waals surface area contributed by atoms with Gasteiger partial charge in [-0.05, 0) is 74.8 Å². The number of pyridine rings is 1. The van der Waals surface area contributed by atoms with E-state index in [-0.39, 0.29) is 0 Å². The van der Waals surface area contributed by atoms with Crippen LogP contribution >= 0.6 is 0 Å². The number of aromatic nitrogens is 4. The van der Waals surface area contributed by atoms with E-state index in [1.165, 1.54) is 16.5 Å². The molecule has 0 N–H and O–H groups in total. The first-order valence-electron chi connectivity index (χ1n) is 20.9. The van der Waals surface area contributed by atoms with Crippen molar-refractivity contribution in [1.29, 1.82) is 0 Å². The van der Waals surface area contributed by atoms with Crippen LogP contribution in [-0.2, 0) is 0 Å². The lowest BCUT2D eigenvalue weighted by atomic mass is 9.91. The summed E-state index contributed by atoms with van der Waals surface area (Å²) >= 11 is 0. The molecule has 0 aliphatic heterocycles. The SMILES string of the molecule is c1ccc(-c2cc(-c3ccccc3)cc(-c3nc(-c4ccccc4)nc(-c4ccc(-c5ccc6nc(-c7ccccc7)c7cccc(-c8ccccc8)c7c6c5)cc4)n3)c2)cc1. The van der Waals surface area contributed by atoms with Crippen molar-refractivity contribution in [2.75, 3.05) is 0 Å². The van der Waals surface area contributed by atoms with Gasteiger partial charge in [-0.1, -0.05) is 200 Å². The van der Waals surface area contributed by atoms with Crippen LogP contribution in [0.15, 0.2) is 231 Å². The summed E-state index contributed by atoms with van der Waals surface area (Å²) in [5.74, 6) is 1.85. The minimum atomic E-state index is 0.612. The average molecular weight is 791 g/mol. The Morgan fingerprint density at radius 3 is 1.21 bits per heavy atom. The number of fused-ring (bicyclic) bond motifs is 3. The minimum Gasteiger partial charge on any atom is -0.247 e. The fraction of sp³-hybridized carbons (Fsp3) is 0. The number of benzene rings is 9. The molecule has 0 radical (unpaired) electrons. The van der Waals surface area contributed by atoms with Gasteiger partial charge in [0.2, 0.25) is 0 Å². The van der Waals surface area contributed by atoms with E-state index in [2.05, 4.69) is 182 Å². The molecular formula is C58H38N4. The van der Waals surface area contributed by atoms with Crippen LogP contribution in [0, 0.1) is 0 Å². The third kappa shape index (κ3) is 7.10. The first-order chi connectivity index (χ1) is 30.7. The van der Waals surface area contributed by atoms with E-state index in [1.807, 2.05) is 48.5 Å². The second kappa shape index (κ2) is 16.0. The highest BCUT2D eigenvalue weighted by Gasteiger charge is 2.17. The molecule has 4 nitrogen and oxygen atoms in total. The maximum Gasteiger partial charge on any atom is 0.164 e. The molecule has 0 aliphatic rings. The zero-order valence-electron chi connectivity index (χ0n) is 33.7. The molecule has 0 unspecified atom stereocenters. The Morgan fingerprint density at radius 2 is 0.645 bits per heavy atom. The lowest BCUT2D eigenvalue weighted by molar-refractivity contribution is 1.07. The van der Waals surface area contributed by atoms with Crippen LogP contribution in [0.4, 0.5) is 0 Å². The predicted octanol–water partition coefficient (Wildman–Crippen LogP) is 14.9. The average Bonchev–Trinajstić information content (AvgIpc) is 3.37. The van der Waals surface area contributed by atoms with E-state index in [1.54, 1.807) is 0 Å². The van der Waals surface area contributed by atoms with Gasteiger partial charge in [-0.15, -0.1) is 0 Å². The smallest absolute Gasteiger partial charge is 0.164 e. The summed E-state index contributed by atoms with van der Waals surface area (Å²) in [5, 5.41) is 3.43. The molecule has 0 spiro atoms. The second-order valence-electron chi connectivity index (χ2n) is 15.4. The molecule has 62 heavy (non-hydrogen) atoms.